The Labute approximate surface area is 226 Å². The van der Waals surface area contributed by atoms with Gasteiger partial charge in [-0.1, -0.05) is 18.2 Å². The van der Waals surface area contributed by atoms with Crippen LogP contribution in [0.15, 0.2) is 67.0 Å². The normalized spacial score (nSPS) is 15.7. The van der Waals surface area contributed by atoms with Crippen LogP contribution >= 0.6 is 0 Å². The molecule has 3 N–H and O–H groups in total. The van der Waals surface area contributed by atoms with Crippen molar-refractivity contribution in [3.8, 4) is 11.5 Å². The summed E-state index contributed by atoms with van der Waals surface area (Å²) in [6.45, 7) is 5.74. The van der Waals surface area contributed by atoms with E-state index in [2.05, 4.69) is 57.9 Å². The van der Waals surface area contributed by atoms with Gasteiger partial charge in [-0.25, -0.2) is 19.9 Å². The van der Waals surface area contributed by atoms with Crippen LogP contribution in [0.3, 0.4) is 0 Å². The molecule has 0 amide bonds. The molecule has 39 heavy (non-hydrogen) atoms. The fourth-order valence-corrected chi connectivity index (χ4v) is 4.37. The van der Waals surface area contributed by atoms with Crippen LogP contribution in [0, 0.1) is 12.8 Å². The average molecular weight is 524 g/mol. The van der Waals surface area contributed by atoms with Crippen LogP contribution < -0.4 is 16.0 Å². The summed E-state index contributed by atoms with van der Waals surface area (Å²) < 4.78 is 5.47. The highest BCUT2D eigenvalue weighted by molar-refractivity contribution is 5.74. The van der Waals surface area contributed by atoms with Gasteiger partial charge in [0, 0.05) is 56.5 Å². The van der Waals surface area contributed by atoms with Crippen LogP contribution in [0.1, 0.15) is 11.3 Å². The molecular formula is C28H29N9O2. The second-order valence-electron chi connectivity index (χ2n) is 9.75. The van der Waals surface area contributed by atoms with Gasteiger partial charge in [0.05, 0.1) is 5.92 Å². The van der Waals surface area contributed by atoms with Crippen molar-refractivity contribution >= 4 is 29.2 Å². The fraction of sp³-hybridized carbons (Fsp3) is 0.286. The standard InChI is InChI=1S/C28H29N9O2/c1-18-3-2-4-23(32-18)26-30-11-9-24(35-26)34-25-10-12-31-28(36-25)33-21-7-5-19(6-8-21)15-37-16-20(17-37)27(38)39-22-13-29-14-22/h2-12,20,22,29H,13-17H2,1H3,(H2,30,31,33,34,35,36). The monoisotopic (exact) mass is 523 g/mol. The van der Waals surface area contributed by atoms with Gasteiger partial charge >= 0.3 is 5.97 Å². The van der Waals surface area contributed by atoms with Crippen LogP contribution in [0.2, 0.25) is 0 Å². The molecule has 2 fully saturated rings. The number of likely N-dealkylation sites (tertiary alicyclic amines) is 1. The quantitative estimate of drug-likeness (QED) is 0.280. The minimum absolute atomic E-state index is 0.0160. The molecule has 0 atom stereocenters. The lowest BCUT2D eigenvalue weighted by molar-refractivity contribution is -0.162. The topological polar surface area (TPSA) is 130 Å². The van der Waals surface area contributed by atoms with E-state index in [4.69, 9.17) is 4.74 Å². The number of pyridine rings is 1. The Balaban J connectivity index is 1.02. The number of esters is 1. The first-order valence-corrected chi connectivity index (χ1v) is 12.9. The molecule has 0 radical (unpaired) electrons. The van der Waals surface area contributed by atoms with Crippen LogP contribution in [0.5, 0.6) is 0 Å². The number of ether oxygens (including phenoxy) is 1. The molecule has 0 saturated carbocycles. The molecule has 6 rings (SSSR count). The molecule has 11 heteroatoms. The lowest BCUT2D eigenvalue weighted by atomic mass is 9.99. The van der Waals surface area contributed by atoms with Gasteiger partial charge in [-0.15, -0.1) is 0 Å². The number of carbonyl (C=O) groups excluding carboxylic acids is 1. The van der Waals surface area contributed by atoms with Crippen molar-refractivity contribution in [2.24, 2.45) is 5.92 Å². The van der Waals surface area contributed by atoms with Crippen LogP contribution in [0.25, 0.3) is 11.5 Å². The molecule has 4 aromatic rings. The lowest BCUT2D eigenvalue weighted by Crippen LogP contribution is -2.54. The molecule has 0 aliphatic carbocycles. The third-order valence-corrected chi connectivity index (χ3v) is 6.62. The molecule has 3 aromatic heterocycles. The molecule has 2 aliphatic rings. The summed E-state index contributed by atoms with van der Waals surface area (Å²) in [6.07, 6.45) is 3.42. The molecule has 2 aliphatic heterocycles. The summed E-state index contributed by atoms with van der Waals surface area (Å²) in [6, 6.07) is 17.4. The number of aryl methyl sites for hydroxylation is 1. The zero-order chi connectivity index (χ0) is 26.6. The van der Waals surface area contributed by atoms with Gasteiger partial charge in [-0.2, -0.15) is 4.98 Å². The fourth-order valence-electron chi connectivity index (χ4n) is 4.37. The maximum atomic E-state index is 12.1. The summed E-state index contributed by atoms with van der Waals surface area (Å²) in [5.74, 6) is 2.13. The Morgan fingerprint density at radius 1 is 0.949 bits per heavy atom. The van der Waals surface area contributed by atoms with E-state index in [1.54, 1.807) is 24.5 Å². The molecule has 0 unspecified atom stereocenters. The van der Waals surface area contributed by atoms with Crippen LogP contribution in [0.4, 0.5) is 23.3 Å². The highest BCUT2D eigenvalue weighted by Crippen LogP contribution is 2.23. The van der Waals surface area contributed by atoms with Gasteiger partial charge in [0.1, 0.15) is 23.4 Å². The lowest BCUT2D eigenvalue weighted by Gasteiger charge is -2.39. The van der Waals surface area contributed by atoms with Gasteiger partial charge < -0.3 is 20.7 Å². The van der Waals surface area contributed by atoms with Crippen molar-refractivity contribution in [2.75, 3.05) is 36.8 Å². The Kier molecular flexibility index (Phi) is 7.07. The first-order valence-electron chi connectivity index (χ1n) is 12.9. The molecule has 5 heterocycles. The smallest absolute Gasteiger partial charge is 0.311 e. The molecular weight excluding hydrogens is 494 g/mol. The van der Waals surface area contributed by atoms with Crippen LogP contribution in [-0.2, 0) is 16.1 Å². The summed E-state index contributed by atoms with van der Waals surface area (Å²) in [7, 11) is 0. The van der Waals surface area contributed by atoms with Gasteiger partial charge in [-0.3, -0.25) is 9.69 Å². The maximum absolute atomic E-state index is 12.1. The Hall–Kier alpha value is -4.48. The van der Waals surface area contributed by atoms with Crippen molar-refractivity contribution in [3.63, 3.8) is 0 Å². The first-order chi connectivity index (χ1) is 19.1. The van der Waals surface area contributed by atoms with Gasteiger partial charge in [0.25, 0.3) is 0 Å². The molecule has 198 valence electrons. The Morgan fingerprint density at radius 2 is 1.72 bits per heavy atom. The molecule has 1 aromatic carbocycles. The first kappa shape index (κ1) is 24.8. The van der Waals surface area contributed by atoms with E-state index in [1.807, 2.05) is 37.3 Å². The minimum Gasteiger partial charge on any atom is -0.459 e. The number of aromatic nitrogens is 5. The number of hydrogen-bond acceptors (Lipinski definition) is 11. The minimum atomic E-state index is -0.0718. The third-order valence-electron chi connectivity index (χ3n) is 6.62. The van der Waals surface area contributed by atoms with Crippen molar-refractivity contribution in [1.82, 2.24) is 35.1 Å². The molecule has 0 bridgehead atoms. The maximum Gasteiger partial charge on any atom is 0.311 e. The zero-order valence-electron chi connectivity index (χ0n) is 21.5. The van der Waals surface area contributed by atoms with Crippen molar-refractivity contribution < 1.29 is 9.53 Å². The van der Waals surface area contributed by atoms with Crippen molar-refractivity contribution in [2.45, 2.75) is 19.6 Å². The summed E-state index contributed by atoms with van der Waals surface area (Å²) >= 11 is 0. The average Bonchev–Trinajstić information content (AvgIpc) is 2.89. The van der Waals surface area contributed by atoms with Gasteiger partial charge in [0.15, 0.2) is 5.82 Å². The summed E-state index contributed by atoms with van der Waals surface area (Å²) in [5.41, 5.74) is 3.67. The van der Waals surface area contributed by atoms with E-state index >= 15 is 0 Å². The third kappa shape index (κ3) is 6.16. The number of carbonyl (C=O) groups is 1. The predicted molar refractivity (Wildman–Crippen MR) is 147 cm³/mol. The molecule has 2 saturated heterocycles. The van der Waals surface area contributed by atoms with E-state index in [1.165, 1.54) is 5.56 Å². The highest BCUT2D eigenvalue weighted by atomic mass is 16.5. The predicted octanol–water partition coefficient (Wildman–Crippen LogP) is 3.07. The number of nitrogens with one attached hydrogen (secondary N) is 3. The Bertz CT molecular complexity index is 1450. The van der Waals surface area contributed by atoms with E-state index in [9.17, 15) is 4.79 Å². The second-order valence-corrected chi connectivity index (χ2v) is 9.75. The van der Waals surface area contributed by atoms with Gasteiger partial charge in [-0.05, 0) is 48.9 Å². The number of benzene rings is 1. The largest absolute Gasteiger partial charge is 0.459 e. The number of anilines is 4. The van der Waals surface area contributed by atoms with E-state index < -0.39 is 0 Å². The number of nitrogens with zero attached hydrogens (tertiary/aromatic N) is 6. The number of hydrogen-bond donors (Lipinski definition) is 3. The van der Waals surface area contributed by atoms with Crippen molar-refractivity contribution in [1.29, 1.82) is 0 Å². The van der Waals surface area contributed by atoms with Gasteiger partial charge in [0.2, 0.25) is 5.95 Å². The molecule has 11 nitrogen and oxygen atoms in total. The van der Waals surface area contributed by atoms with E-state index in [-0.39, 0.29) is 18.0 Å². The van der Waals surface area contributed by atoms with E-state index in [0.717, 1.165) is 44.1 Å². The zero-order valence-corrected chi connectivity index (χ0v) is 21.5. The SMILES string of the molecule is Cc1cccc(-c2nccc(Nc3ccnc(Nc4ccc(CN5CC(C(=O)OC6CNC6)C5)cc4)n3)n2)n1. The summed E-state index contributed by atoms with van der Waals surface area (Å²) in [4.78, 5) is 36.7. The number of rotatable bonds is 9. The summed E-state index contributed by atoms with van der Waals surface area (Å²) in [5, 5.41) is 9.58. The van der Waals surface area contributed by atoms with Crippen LogP contribution in [-0.4, -0.2) is 68.1 Å². The van der Waals surface area contributed by atoms with E-state index in [0.29, 0.717) is 29.1 Å². The highest BCUT2D eigenvalue weighted by Gasteiger charge is 2.35. The Morgan fingerprint density at radius 3 is 2.46 bits per heavy atom. The van der Waals surface area contributed by atoms with Crippen molar-refractivity contribution in [3.05, 3.63) is 78.2 Å². The molecule has 0 spiro atoms. The second kappa shape index (κ2) is 11.1.